The van der Waals surface area contributed by atoms with Crippen LogP contribution in [0.3, 0.4) is 0 Å². The average Bonchev–Trinajstić information content (AvgIpc) is 3.01. The summed E-state index contributed by atoms with van der Waals surface area (Å²) in [5.74, 6) is -1.11. The number of hydrogen-bond acceptors (Lipinski definition) is 3. The van der Waals surface area contributed by atoms with Gasteiger partial charge in [-0.25, -0.2) is 0 Å². The topological polar surface area (TPSA) is 52.9 Å². The molecule has 0 radical (unpaired) electrons. The van der Waals surface area contributed by atoms with Crippen LogP contribution in [0.25, 0.3) is 5.70 Å². The fourth-order valence-electron chi connectivity index (χ4n) is 2.37. The zero-order chi connectivity index (χ0) is 13.9. The second-order valence-corrected chi connectivity index (χ2v) is 5.54. The molecule has 2 aromatic rings. The lowest BCUT2D eigenvalue weighted by atomic mass is 9.83. The van der Waals surface area contributed by atoms with Crippen LogP contribution in [0.1, 0.15) is 16.4 Å². The van der Waals surface area contributed by atoms with Crippen LogP contribution in [0.5, 0.6) is 0 Å². The van der Waals surface area contributed by atoms with Crippen LogP contribution < -0.4 is 5.32 Å². The minimum absolute atomic E-state index is 0.202. The Morgan fingerprint density at radius 2 is 1.95 bits per heavy atom. The molecule has 2 atom stereocenters. The molecule has 1 aliphatic rings. The number of nitrogens with zero attached hydrogens (tertiary/aromatic N) is 1. The zero-order valence-electron chi connectivity index (χ0n) is 10.6. The molecule has 3 nitrogen and oxygen atoms in total. The Labute approximate surface area is 121 Å². The number of carbonyl (C=O) groups excluding carboxylic acids is 1. The number of allylic oxidation sites excluding steroid dienone is 1. The summed E-state index contributed by atoms with van der Waals surface area (Å²) in [5, 5.41) is 14.1. The molecule has 1 amide bonds. The first kappa shape index (κ1) is 12.6. The van der Waals surface area contributed by atoms with E-state index in [4.69, 9.17) is 0 Å². The van der Waals surface area contributed by atoms with E-state index >= 15 is 0 Å². The molecule has 0 aliphatic carbocycles. The van der Waals surface area contributed by atoms with Gasteiger partial charge in [-0.1, -0.05) is 42.5 Å². The fourth-order valence-corrected chi connectivity index (χ4v) is 3.08. The highest BCUT2D eigenvalue weighted by atomic mass is 32.1. The van der Waals surface area contributed by atoms with Crippen LogP contribution in [0.2, 0.25) is 0 Å². The van der Waals surface area contributed by atoms with Gasteiger partial charge in [-0.3, -0.25) is 4.79 Å². The van der Waals surface area contributed by atoms with E-state index in [2.05, 4.69) is 11.4 Å². The lowest BCUT2D eigenvalue weighted by molar-refractivity contribution is -0.122. The number of benzene rings is 1. The Kier molecular flexibility index (Phi) is 3.36. The second-order valence-electron chi connectivity index (χ2n) is 4.59. The summed E-state index contributed by atoms with van der Waals surface area (Å²) in [6, 6.07) is 15.7. The summed E-state index contributed by atoms with van der Waals surface area (Å²) >= 11 is 1.57. The van der Waals surface area contributed by atoms with E-state index in [1.165, 1.54) is 0 Å². The third-order valence-electron chi connectivity index (χ3n) is 3.36. The Morgan fingerprint density at radius 3 is 2.60 bits per heavy atom. The monoisotopic (exact) mass is 280 g/mol. The van der Waals surface area contributed by atoms with Gasteiger partial charge in [0.2, 0.25) is 5.91 Å². The highest BCUT2D eigenvalue weighted by Gasteiger charge is 2.33. The average molecular weight is 280 g/mol. The SMILES string of the molecule is N#C[C@@H]1C(=O)NC(c2cccs2)=C[C@H]1c1ccccc1. The predicted octanol–water partition coefficient (Wildman–Crippen LogP) is 3.14. The quantitative estimate of drug-likeness (QED) is 0.918. The number of nitrogens with one attached hydrogen (secondary N) is 1. The Balaban J connectivity index is 2.06. The molecule has 1 aromatic carbocycles. The van der Waals surface area contributed by atoms with Crippen molar-refractivity contribution in [1.82, 2.24) is 5.32 Å². The summed E-state index contributed by atoms with van der Waals surface area (Å²) in [6.45, 7) is 0. The third kappa shape index (κ3) is 2.24. The van der Waals surface area contributed by atoms with Gasteiger partial charge in [0.25, 0.3) is 0 Å². The van der Waals surface area contributed by atoms with Crippen molar-refractivity contribution in [3.8, 4) is 6.07 Å². The highest BCUT2D eigenvalue weighted by Crippen LogP contribution is 2.33. The first-order valence-electron chi connectivity index (χ1n) is 6.30. The summed E-state index contributed by atoms with van der Waals surface area (Å²) < 4.78 is 0. The van der Waals surface area contributed by atoms with Gasteiger partial charge >= 0.3 is 0 Å². The molecule has 1 aromatic heterocycles. The lowest BCUT2D eigenvalue weighted by Crippen LogP contribution is -2.36. The summed E-state index contributed by atoms with van der Waals surface area (Å²) in [5.41, 5.74) is 1.79. The number of amides is 1. The first-order chi connectivity index (χ1) is 9.79. The minimum atomic E-state index is -0.680. The van der Waals surface area contributed by atoms with E-state index in [0.29, 0.717) is 0 Å². The Hall–Kier alpha value is -2.38. The van der Waals surface area contributed by atoms with Gasteiger partial charge in [0.15, 0.2) is 0 Å². The van der Waals surface area contributed by atoms with Crippen LogP contribution in [0, 0.1) is 17.2 Å². The molecule has 0 fully saturated rings. The molecule has 0 unspecified atom stereocenters. The number of rotatable bonds is 2. The van der Waals surface area contributed by atoms with Gasteiger partial charge < -0.3 is 5.32 Å². The lowest BCUT2D eigenvalue weighted by Gasteiger charge is -2.25. The molecular weight excluding hydrogens is 268 g/mol. The number of carbonyl (C=O) groups is 1. The van der Waals surface area contributed by atoms with Crippen LogP contribution >= 0.6 is 11.3 Å². The second kappa shape index (κ2) is 5.32. The van der Waals surface area contributed by atoms with Gasteiger partial charge in [0.05, 0.1) is 16.6 Å². The van der Waals surface area contributed by atoms with Gasteiger partial charge in [0.1, 0.15) is 5.92 Å². The van der Waals surface area contributed by atoms with E-state index < -0.39 is 5.92 Å². The fraction of sp³-hybridized carbons (Fsp3) is 0.125. The van der Waals surface area contributed by atoms with Crippen molar-refractivity contribution < 1.29 is 4.79 Å². The van der Waals surface area contributed by atoms with E-state index in [1.807, 2.05) is 53.9 Å². The summed E-state index contributed by atoms with van der Waals surface area (Å²) in [7, 11) is 0. The number of hydrogen-bond donors (Lipinski definition) is 1. The summed E-state index contributed by atoms with van der Waals surface area (Å²) in [4.78, 5) is 13.2. The van der Waals surface area contributed by atoms with Crippen molar-refractivity contribution in [2.24, 2.45) is 5.92 Å². The first-order valence-corrected chi connectivity index (χ1v) is 7.18. The standard InChI is InChI=1S/C16H12N2OS/c17-10-13-12(11-5-2-1-3-6-11)9-14(18-16(13)19)15-7-4-8-20-15/h1-9,12-13H,(H,18,19)/t12-,13-/m0/s1. The van der Waals surface area contributed by atoms with Gasteiger partial charge in [-0.05, 0) is 17.0 Å². The maximum absolute atomic E-state index is 12.1. The summed E-state index contributed by atoms with van der Waals surface area (Å²) in [6.07, 6.45) is 1.98. The molecule has 0 bridgehead atoms. The van der Waals surface area contributed by atoms with E-state index in [1.54, 1.807) is 11.3 Å². The Morgan fingerprint density at radius 1 is 1.15 bits per heavy atom. The van der Waals surface area contributed by atoms with Crippen molar-refractivity contribution in [1.29, 1.82) is 5.26 Å². The van der Waals surface area contributed by atoms with Crippen LogP contribution in [-0.4, -0.2) is 5.91 Å². The molecular formula is C16H12N2OS. The van der Waals surface area contributed by atoms with E-state index in [9.17, 15) is 10.1 Å². The van der Waals surface area contributed by atoms with Crippen LogP contribution in [0.4, 0.5) is 0 Å². The van der Waals surface area contributed by atoms with E-state index in [-0.39, 0.29) is 11.8 Å². The molecule has 0 saturated heterocycles. The molecule has 0 saturated carbocycles. The minimum Gasteiger partial charge on any atom is -0.324 e. The van der Waals surface area contributed by atoms with Gasteiger partial charge in [-0.2, -0.15) is 5.26 Å². The molecule has 3 rings (SSSR count). The largest absolute Gasteiger partial charge is 0.324 e. The van der Waals surface area contributed by atoms with Gasteiger partial charge in [-0.15, -0.1) is 11.3 Å². The van der Waals surface area contributed by atoms with Crippen molar-refractivity contribution in [2.75, 3.05) is 0 Å². The van der Waals surface area contributed by atoms with Crippen molar-refractivity contribution in [2.45, 2.75) is 5.92 Å². The Bertz CT molecular complexity index is 683. The maximum atomic E-state index is 12.1. The van der Waals surface area contributed by atoms with Gasteiger partial charge in [0, 0.05) is 5.92 Å². The smallest absolute Gasteiger partial charge is 0.242 e. The predicted molar refractivity (Wildman–Crippen MR) is 78.7 cm³/mol. The number of nitriles is 1. The molecule has 4 heteroatoms. The molecule has 1 aliphatic heterocycles. The van der Waals surface area contributed by atoms with Crippen molar-refractivity contribution in [3.63, 3.8) is 0 Å². The molecule has 2 heterocycles. The molecule has 98 valence electrons. The zero-order valence-corrected chi connectivity index (χ0v) is 11.4. The van der Waals surface area contributed by atoms with Crippen LogP contribution in [0.15, 0.2) is 53.9 Å². The highest BCUT2D eigenvalue weighted by molar-refractivity contribution is 7.11. The maximum Gasteiger partial charge on any atom is 0.242 e. The normalized spacial score (nSPS) is 21.8. The van der Waals surface area contributed by atoms with Crippen molar-refractivity contribution >= 4 is 22.9 Å². The van der Waals surface area contributed by atoms with Crippen LogP contribution in [-0.2, 0) is 4.79 Å². The molecule has 0 spiro atoms. The molecule has 20 heavy (non-hydrogen) atoms. The number of thiophene rings is 1. The molecule has 1 N–H and O–H groups in total. The van der Waals surface area contributed by atoms with Crippen molar-refractivity contribution in [3.05, 3.63) is 64.4 Å². The third-order valence-corrected chi connectivity index (χ3v) is 4.26. The van der Waals surface area contributed by atoms with E-state index in [0.717, 1.165) is 16.1 Å².